The molecule has 1 rings (SSSR count). The van der Waals surface area contributed by atoms with Crippen molar-refractivity contribution in [1.29, 1.82) is 0 Å². The van der Waals surface area contributed by atoms with Crippen molar-refractivity contribution in [1.82, 2.24) is 4.98 Å². The molecule has 0 unspecified atom stereocenters. The van der Waals surface area contributed by atoms with Gasteiger partial charge in [-0.25, -0.2) is 5.25 Å². The van der Waals surface area contributed by atoms with Crippen LogP contribution in [0.15, 0.2) is 24.5 Å². The van der Waals surface area contributed by atoms with Gasteiger partial charge in [0.15, 0.2) is 0 Å². The molecule has 0 bridgehead atoms. The summed E-state index contributed by atoms with van der Waals surface area (Å²) < 4.78 is 0. The molecule has 0 aliphatic rings. The van der Waals surface area contributed by atoms with Crippen LogP contribution in [0.5, 0.6) is 0 Å². The Kier molecular flexibility index (Phi) is 5.07. The van der Waals surface area contributed by atoms with E-state index in [1.54, 1.807) is 12.4 Å². The van der Waals surface area contributed by atoms with E-state index in [-0.39, 0.29) is 18.9 Å². The monoisotopic (exact) mass is 141 g/mol. The molecule has 0 atom stereocenters. The Morgan fingerprint density at radius 3 is 2.80 bits per heavy atom. The van der Waals surface area contributed by atoms with Crippen LogP contribution in [0.4, 0.5) is 0 Å². The Hall–Kier alpha value is -0.473. The van der Waals surface area contributed by atoms with Gasteiger partial charge in [0.2, 0.25) is 0 Å². The predicted octanol–water partition coefficient (Wildman–Crippen LogP) is -2.06. The van der Waals surface area contributed by atoms with Crippen molar-refractivity contribution in [3.8, 4) is 11.2 Å². The Morgan fingerprint density at radius 2 is 2.30 bits per heavy atom. The van der Waals surface area contributed by atoms with Gasteiger partial charge in [-0.05, 0) is 12.1 Å². The zero-order chi connectivity index (χ0) is 6.53. The van der Waals surface area contributed by atoms with Crippen molar-refractivity contribution in [3.63, 3.8) is 0 Å². The van der Waals surface area contributed by atoms with Crippen LogP contribution in [0.1, 0.15) is 5.56 Å². The minimum Gasteiger partial charge on any atom is -0.724 e. The molecule has 0 aromatic carbocycles. The standard InChI is InChI=1S/C7H5NS.Li/c9-5-3-7-2-1-4-8-6-7;/h1-2,4,6,9H;/q;+1/p-1. The predicted molar refractivity (Wildman–Crippen MR) is 38.5 cm³/mol. The molecule has 1 heterocycles. The Bertz CT molecular complexity index is 237. The van der Waals surface area contributed by atoms with E-state index < -0.39 is 0 Å². The molecule has 0 fully saturated rings. The van der Waals surface area contributed by atoms with E-state index in [2.05, 4.69) is 28.8 Å². The van der Waals surface area contributed by atoms with E-state index in [4.69, 9.17) is 0 Å². The van der Waals surface area contributed by atoms with Crippen LogP contribution in [0.3, 0.4) is 0 Å². The average Bonchev–Trinajstić information content (AvgIpc) is 1.91. The van der Waals surface area contributed by atoms with Gasteiger partial charge in [-0.1, -0.05) is 5.92 Å². The molecule has 0 spiro atoms. The first-order valence-corrected chi connectivity index (χ1v) is 2.87. The van der Waals surface area contributed by atoms with Crippen molar-refractivity contribution in [3.05, 3.63) is 30.1 Å². The molecule has 0 radical (unpaired) electrons. The Labute approximate surface area is 77.8 Å². The number of pyridine rings is 1. The third-order valence-corrected chi connectivity index (χ3v) is 0.959. The van der Waals surface area contributed by atoms with Crippen LogP contribution in [0, 0.1) is 11.2 Å². The fourth-order valence-electron chi connectivity index (χ4n) is 0.496. The summed E-state index contributed by atoms with van der Waals surface area (Å²) in [5, 5.41) is 2.38. The first-order chi connectivity index (χ1) is 4.43. The van der Waals surface area contributed by atoms with E-state index >= 15 is 0 Å². The van der Waals surface area contributed by atoms with Crippen LogP contribution < -0.4 is 18.9 Å². The number of rotatable bonds is 0. The second-order valence-corrected chi connectivity index (χ2v) is 1.67. The van der Waals surface area contributed by atoms with Gasteiger partial charge >= 0.3 is 18.9 Å². The second-order valence-electron chi connectivity index (χ2n) is 1.47. The van der Waals surface area contributed by atoms with Crippen LogP contribution in [0.2, 0.25) is 0 Å². The molecule has 1 aromatic rings. The Morgan fingerprint density at radius 1 is 1.50 bits per heavy atom. The molecule has 1 nitrogen and oxygen atoms in total. The van der Waals surface area contributed by atoms with Gasteiger partial charge in [0, 0.05) is 18.0 Å². The summed E-state index contributed by atoms with van der Waals surface area (Å²) in [6.45, 7) is 0. The van der Waals surface area contributed by atoms with Gasteiger partial charge in [0.05, 0.1) is 0 Å². The van der Waals surface area contributed by atoms with Crippen molar-refractivity contribution in [2.24, 2.45) is 0 Å². The van der Waals surface area contributed by atoms with Crippen molar-refractivity contribution in [2.45, 2.75) is 0 Å². The molecule has 44 valence electrons. The minimum absolute atomic E-state index is 0. The largest absolute Gasteiger partial charge is 1.00 e. The molecule has 0 aliphatic heterocycles. The molecule has 0 N–H and O–H groups in total. The van der Waals surface area contributed by atoms with E-state index in [0.29, 0.717) is 0 Å². The maximum Gasteiger partial charge on any atom is 1.00 e. The van der Waals surface area contributed by atoms with Crippen molar-refractivity contribution < 1.29 is 18.9 Å². The number of nitrogens with zero attached hydrogens (tertiary/aromatic N) is 1. The number of hydrogen-bond acceptors (Lipinski definition) is 2. The van der Waals surface area contributed by atoms with Gasteiger partial charge < -0.3 is 12.6 Å². The van der Waals surface area contributed by atoms with Crippen LogP contribution >= 0.6 is 0 Å². The normalized spacial score (nSPS) is 6.80. The zero-order valence-corrected chi connectivity index (χ0v) is 6.48. The van der Waals surface area contributed by atoms with E-state index in [0.717, 1.165) is 5.56 Å². The van der Waals surface area contributed by atoms with Gasteiger partial charge in [0.25, 0.3) is 0 Å². The van der Waals surface area contributed by atoms with Gasteiger partial charge in [-0.3, -0.25) is 4.98 Å². The van der Waals surface area contributed by atoms with Crippen LogP contribution in [-0.2, 0) is 12.6 Å². The molecule has 0 amide bonds. The maximum absolute atomic E-state index is 4.45. The summed E-state index contributed by atoms with van der Waals surface area (Å²) in [6.07, 6.45) is 3.38. The maximum atomic E-state index is 4.45. The molecule has 0 saturated carbocycles. The SMILES string of the molecule is [Li+].[S-]C#Cc1cccnc1. The van der Waals surface area contributed by atoms with E-state index in [1.165, 1.54) is 0 Å². The third-order valence-electron chi connectivity index (χ3n) is 0.857. The van der Waals surface area contributed by atoms with Gasteiger partial charge in [0.1, 0.15) is 0 Å². The summed E-state index contributed by atoms with van der Waals surface area (Å²) in [5.74, 6) is 2.71. The number of aromatic nitrogens is 1. The smallest absolute Gasteiger partial charge is 0.724 e. The molecule has 10 heavy (non-hydrogen) atoms. The van der Waals surface area contributed by atoms with E-state index in [1.807, 2.05) is 12.1 Å². The van der Waals surface area contributed by atoms with Gasteiger partial charge in [-0.15, -0.1) is 0 Å². The van der Waals surface area contributed by atoms with Gasteiger partial charge in [-0.2, -0.15) is 0 Å². The minimum atomic E-state index is 0. The fraction of sp³-hybridized carbons (Fsp3) is 0. The fourth-order valence-corrected chi connectivity index (χ4v) is 0.613. The summed E-state index contributed by atoms with van der Waals surface area (Å²) >= 11 is 4.45. The first kappa shape index (κ1) is 9.53. The van der Waals surface area contributed by atoms with Crippen molar-refractivity contribution >= 4 is 12.6 Å². The molecule has 0 saturated heterocycles. The summed E-state index contributed by atoms with van der Waals surface area (Å²) in [6, 6.07) is 3.70. The Balaban J connectivity index is 0.000000810. The molecule has 1 aromatic heterocycles. The van der Waals surface area contributed by atoms with Crippen LogP contribution in [-0.4, -0.2) is 4.98 Å². The van der Waals surface area contributed by atoms with Crippen molar-refractivity contribution in [2.75, 3.05) is 0 Å². The quantitative estimate of drug-likeness (QED) is 0.234. The van der Waals surface area contributed by atoms with Crippen LogP contribution in [0.25, 0.3) is 0 Å². The summed E-state index contributed by atoms with van der Waals surface area (Å²) in [4.78, 5) is 3.85. The number of hydrogen-bond donors (Lipinski definition) is 0. The molecule has 3 heteroatoms. The summed E-state index contributed by atoms with van der Waals surface area (Å²) in [7, 11) is 0. The average molecular weight is 141 g/mol. The second kappa shape index (κ2) is 5.32. The topological polar surface area (TPSA) is 12.9 Å². The third kappa shape index (κ3) is 2.89. The zero-order valence-electron chi connectivity index (χ0n) is 5.66. The molecular formula is C7H4LiNS. The van der Waals surface area contributed by atoms with E-state index in [9.17, 15) is 0 Å². The molecular weight excluding hydrogens is 137 g/mol. The first-order valence-electron chi connectivity index (χ1n) is 2.46. The molecule has 0 aliphatic carbocycles. The summed E-state index contributed by atoms with van der Waals surface area (Å²) in [5.41, 5.74) is 0.868.